The molecule has 0 fully saturated rings. The molecule has 0 amide bonds. The lowest BCUT2D eigenvalue weighted by Crippen LogP contribution is -2.02. The van der Waals surface area contributed by atoms with Gasteiger partial charge in [-0.3, -0.25) is 0 Å². The molecule has 12 heavy (non-hydrogen) atoms. The van der Waals surface area contributed by atoms with Gasteiger partial charge in [-0.1, -0.05) is 0 Å². The van der Waals surface area contributed by atoms with Crippen molar-refractivity contribution in [2.24, 2.45) is 5.73 Å². The van der Waals surface area contributed by atoms with Crippen LogP contribution in [-0.4, -0.2) is 0 Å². The van der Waals surface area contributed by atoms with Gasteiger partial charge in [0.05, 0.1) is 0 Å². The quantitative estimate of drug-likeness (QED) is 0.732. The Hall–Kier alpha value is -0.550. The third-order valence-corrected chi connectivity index (χ3v) is 2.69. The second kappa shape index (κ2) is 3.06. The van der Waals surface area contributed by atoms with E-state index in [-0.39, 0.29) is 6.04 Å². The largest absolute Gasteiger partial charge is 0.425 e. The molecule has 0 aliphatic heterocycles. The van der Waals surface area contributed by atoms with E-state index in [2.05, 4.69) is 0 Å². The molecule has 0 aliphatic rings. The van der Waals surface area contributed by atoms with Crippen molar-refractivity contribution in [1.82, 2.24) is 0 Å². The molecule has 1 unspecified atom stereocenters. The lowest BCUT2D eigenvalue weighted by atomic mass is 10.3. The lowest BCUT2D eigenvalue weighted by Gasteiger charge is -2.02. The topological polar surface area (TPSA) is 26.0 Å². The standard InChI is InChI=1S/C7H8F3NS/c1-4(11)5-2-3-6(12-5)7(8,9)10/h2-4H,11H2,1H3. The molecule has 1 aromatic heterocycles. The lowest BCUT2D eigenvalue weighted by molar-refractivity contribution is -0.134. The van der Waals surface area contributed by atoms with Gasteiger partial charge in [-0.2, -0.15) is 13.2 Å². The molecular formula is C7H8F3NS. The van der Waals surface area contributed by atoms with E-state index in [0.29, 0.717) is 16.2 Å². The Balaban J connectivity index is 2.92. The number of thiophene rings is 1. The first kappa shape index (κ1) is 9.54. The first-order valence-corrected chi connectivity index (χ1v) is 4.15. The summed E-state index contributed by atoms with van der Waals surface area (Å²) in [7, 11) is 0. The normalized spacial score (nSPS) is 14.8. The maximum Gasteiger partial charge on any atom is 0.425 e. The Morgan fingerprint density at radius 3 is 2.25 bits per heavy atom. The molecule has 1 nitrogen and oxygen atoms in total. The molecular weight excluding hydrogens is 187 g/mol. The van der Waals surface area contributed by atoms with Crippen LogP contribution in [0.2, 0.25) is 0 Å². The molecule has 0 saturated carbocycles. The van der Waals surface area contributed by atoms with Crippen LogP contribution in [0, 0.1) is 0 Å². The molecule has 68 valence electrons. The summed E-state index contributed by atoms with van der Waals surface area (Å²) in [4.78, 5) is -0.0304. The van der Waals surface area contributed by atoms with E-state index < -0.39 is 11.1 Å². The minimum absolute atomic E-state index is 0.328. The van der Waals surface area contributed by atoms with Crippen LogP contribution in [0.1, 0.15) is 22.7 Å². The van der Waals surface area contributed by atoms with Crippen LogP contribution < -0.4 is 5.73 Å². The van der Waals surface area contributed by atoms with Crippen molar-refractivity contribution >= 4 is 11.3 Å². The van der Waals surface area contributed by atoms with Crippen LogP contribution in [0.15, 0.2) is 12.1 Å². The Labute approximate surface area is 72.0 Å². The van der Waals surface area contributed by atoms with Crippen LogP contribution in [0.5, 0.6) is 0 Å². The predicted molar refractivity (Wildman–Crippen MR) is 41.9 cm³/mol. The van der Waals surface area contributed by atoms with E-state index in [4.69, 9.17) is 5.73 Å². The van der Waals surface area contributed by atoms with E-state index in [1.54, 1.807) is 6.92 Å². The van der Waals surface area contributed by atoms with Crippen molar-refractivity contribution in [2.75, 3.05) is 0 Å². The van der Waals surface area contributed by atoms with Gasteiger partial charge < -0.3 is 5.73 Å². The van der Waals surface area contributed by atoms with E-state index >= 15 is 0 Å². The second-order valence-corrected chi connectivity index (χ2v) is 3.60. The fraction of sp³-hybridized carbons (Fsp3) is 0.429. The summed E-state index contributed by atoms with van der Waals surface area (Å²) in [6.07, 6.45) is -4.24. The van der Waals surface area contributed by atoms with Gasteiger partial charge in [0.2, 0.25) is 0 Å². The highest BCUT2D eigenvalue weighted by Gasteiger charge is 2.32. The molecule has 0 radical (unpaired) electrons. The number of rotatable bonds is 1. The SMILES string of the molecule is CC(N)c1ccc(C(F)(F)F)s1. The molecule has 0 bridgehead atoms. The summed E-state index contributed by atoms with van der Waals surface area (Å²) in [6.45, 7) is 1.66. The average Bonchev–Trinajstić information content (AvgIpc) is 2.30. The van der Waals surface area contributed by atoms with Gasteiger partial charge in [0.15, 0.2) is 0 Å². The highest BCUT2D eigenvalue weighted by molar-refractivity contribution is 7.12. The zero-order chi connectivity index (χ0) is 9.35. The van der Waals surface area contributed by atoms with Crippen LogP contribution in [0.3, 0.4) is 0 Å². The van der Waals surface area contributed by atoms with Crippen molar-refractivity contribution in [3.05, 3.63) is 21.9 Å². The van der Waals surface area contributed by atoms with Gasteiger partial charge in [0.1, 0.15) is 4.88 Å². The molecule has 0 saturated heterocycles. The van der Waals surface area contributed by atoms with Crippen LogP contribution >= 0.6 is 11.3 Å². The number of alkyl halides is 3. The summed E-state index contributed by atoms with van der Waals surface area (Å²) >= 11 is 0.698. The summed E-state index contributed by atoms with van der Waals surface area (Å²) in [5.41, 5.74) is 5.41. The van der Waals surface area contributed by atoms with Crippen molar-refractivity contribution in [3.8, 4) is 0 Å². The number of halogens is 3. The third kappa shape index (κ3) is 1.98. The molecule has 1 aromatic rings. The molecule has 1 rings (SSSR count). The Morgan fingerprint density at radius 2 is 2.00 bits per heavy atom. The number of nitrogens with two attached hydrogens (primary N) is 1. The molecule has 1 atom stereocenters. The van der Waals surface area contributed by atoms with Gasteiger partial charge >= 0.3 is 6.18 Å². The number of hydrogen-bond acceptors (Lipinski definition) is 2. The van der Waals surface area contributed by atoms with Crippen molar-refractivity contribution in [2.45, 2.75) is 19.1 Å². The Kier molecular flexibility index (Phi) is 2.44. The van der Waals surface area contributed by atoms with Crippen LogP contribution in [0.4, 0.5) is 13.2 Å². The molecule has 0 aliphatic carbocycles. The average molecular weight is 195 g/mol. The summed E-state index contributed by atoms with van der Waals surface area (Å²) < 4.78 is 36.1. The van der Waals surface area contributed by atoms with Gasteiger partial charge in [0, 0.05) is 10.9 Å². The highest BCUT2D eigenvalue weighted by atomic mass is 32.1. The third-order valence-electron chi connectivity index (χ3n) is 1.35. The first-order chi connectivity index (χ1) is 5.41. The van der Waals surface area contributed by atoms with Gasteiger partial charge in [-0.05, 0) is 19.1 Å². The Morgan fingerprint density at radius 1 is 1.42 bits per heavy atom. The predicted octanol–water partition coefficient (Wildman–Crippen LogP) is 2.79. The molecule has 2 N–H and O–H groups in total. The van der Waals surface area contributed by atoms with E-state index in [1.165, 1.54) is 6.07 Å². The summed E-state index contributed by atoms with van der Waals surface area (Å²) in [5.74, 6) is 0. The molecule has 0 aromatic carbocycles. The first-order valence-electron chi connectivity index (χ1n) is 3.34. The zero-order valence-corrected chi connectivity index (χ0v) is 7.17. The second-order valence-electron chi connectivity index (χ2n) is 2.49. The molecule has 5 heteroatoms. The highest BCUT2D eigenvalue weighted by Crippen LogP contribution is 2.35. The fourth-order valence-electron chi connectivity index (χ4n) is 0.750. The van der Waals surface area contributed by atoms with Gasteiger partial charge in [-0.25, -0.2) is 0 Å². The maximum atomic E-state index is 12.0. The summed E-state index contributed by atoms with van der Waals surface area (Å²) in [5, 5.41) is 0. The van der Waals surface area contributed by atoms with Gasteiger partial charge in [-0.15, -0.1) is 11.3 Å². The molecule has 1 heterocycles. The van der Waals surface area contributed by atoms with Crippen molar-refractivity contribution in [3.63, 3.8) is 0 Å². The maximum absolute atomic E-state index is 12.0. The van der Waals surface area contributed by atoms with E-state index in [0.717, 1.165) is 6.07 Å². The minimum Gasteiger partial charge on any atom is -0.324 e. The Bertz CT molecular complexity index is 264. The number of hydrogen-bond donors (Lipinski definition) is 1. The molecule has 0 spiro atoms. The van der Waals surface area contributed by atoms with E-state index in [9.17, 15) is 13.2 Å². The van der Waals surface area contributed by atoms with Crippen molar-refractivity contribution in [1.29, 1.82) is 0 Å². The van der Waals surface area contributed by atoms with E-state index in [1.807, 2.05) is 0 Å². The smallest absolute Gasteiger partial charge is 0.324 e. The van der Waals surface area contributed by atoms with Gasteiger partial charge in [0.25, 0.3) is 0 Å². The van der Waals surface area contributed by atoms with Crippen LogP contribution in [-0.2, 0) is 6.18 Å². The van der Waals surface area contributed by atoms with Crippen molar-refractivity contribution < 1.29 is 13.2 Å². The zero-order valence-electron chi connectivity index (χ0n) is 6.35. The monoisotopic (exact) mass is 195 g/mol. The fourth-order valence-corrected chi connectivity index (χ4v) is 1.58. The minimum atomic E-state index is -4.24. The summed E-state index contributed by atoms with van der Waals surface area (Å²) in [6, 6.07) is 2.15. The van der Waals surface area contributed by atoms with Crippen LogP contribution in [0.25, 0.3) is 0 Å².